The number of benzene rings is 1. The number of thioether (sulfide) groups is 1. The quantitative estimate of drug-likeness (QED) is 0.532. The number of nitrogens with one attached hydrogen (secondary N) is 1. The van der Waals surface area contributed by atoms with Crippen LogP contribution in [-0.4, -0.2) is 20.2 Å². The van der Waals surface area contributed by atoms with Gasteiger partial charge in [-0.1, -0.05) is 42.8 Å². The lowest BCUT2D eigenvalue weighted by Crippen LogP contribution is -2.10. The predicted octanol–water partition coefficient (Wildman–Crippen LogP) is 3.93. The highest BCUT2D eigenvalue weighted by Crippen LogP contribution is 2.33. The summed E-state index contributed by atoms with van der Waals surface area (Å²) >= 11 is 1.40. The molecule has 25 heavy (non-hydrogen) atoms. The number of aromatic nitrogens is 4. The fraction of sp³-hybridized carbons (Fsp3) is 0.333. The highest BCUT2D eigenvalue weighted by atomic mass is 32.2. The molecule has 0 amide bonds. The normalized spacial score (nSPS) is 12.3. The van der Waals surface area contributed by atoms with Crippen molar-refractivity contribution in [2.75, 3.05) is 0 Å². The van der Waals surface area contributed by atoms with Gasteiger partial charge >= 0.3 is 0 Å². The predicted molar refractivity (Wildman–Crippen MR) is 97.6 cm³/mol. The van der Waals surface area contributed by atoms with E-state index < -0.39 is 0 Å². The van der Waals surface area contributed by atoms with E-state index in [9.17, 15) is 4.79 Å². The van der Waals surface area contributed by atoms with Gasteiger partial charge in [0.2, 0.25) is 11.8 Å². The highest BCUT2D eigenvalue weighted by molar-refractivity contribution is 7.99. The van der Waals surface area contributed by atoms with Crippen molar-refractivity contribution in [3.63, 3.8) is 0 Å². The second-order valence-corrected chi connectivity index (χ2v) is 7.19. The standard InChI is InChI=1S/C18H20N4O2S/c1-4-5-14-10-15(23)20-18(19-14)25-12(3)16-21-22-17(24-16)13-8-6-11(2)7-9-13/h6-10,12H,4-5H2,1-3H3,(H,19,20,23). The van der Waals surface area contributed by atoms with Crippen molar-refractivity contribution in [2.24, 2.45) is 0 Å². The second-order valence-electron chi connectivity index (χ2n) is 5.86. The number of aryl methyl sites for hydroxylation is 2. The van der Waals surface area contributed by atoms with Crippen molar-refractivity contribution >= 4 is 11.8 Å². The molecule has 0 bridgehead atoms. The molecule has 1 N–H and O–H groups in total. The van der Waals surface area contributed by atoms with Crippen LogP contribution in [0.4, 0.5) is 0 Å². The Hall–Kier alpha value is -2.41. The molecule has 0 aliphatic heterocycles. The van der Waals surface area contributed by atoms with Crippen LogP contribution in [0.1, 0.15) is 42.7 Å². The summed E-state index contributed by atoms with van der Waals surface area (Å²) in [5.74, 6) is 0.993. The Morgan fingerprint density at radius 3 is 2.72 bits per heavy atom. The van der Waals surface area contributed by atoms with Crippen molar-refractivity contribution < 1.29 is 4.42 Å². The van der Waals surface area contributed by atoms with E-state index in [2.05, 4.69) is 27.1 Å². The van der Waals surface area contributed by atoms with Crippen LogP contribution in [-0.2, 0) is 6.42 Å². The maximum absolute atomic E-state index is 11.8. The lowest BCUT2D eigenvalue weighted by Gasteiger charge is -2.07. The van der Waals surface area contributed by atoms with Crippen LogP contribution in [0.25, 0.3) is 11.5 Å². The molecule has 0 radical (unpaired) electrons. The van der Waals surface area contributed by atoms with Gasteiger partial charge in [0.1, 0.15) is 0 Å². The van der Waals surface area contributed by atoms with Crippen LogP contribution in [0.3, 0.4) is 0 Å². The number of hydrogen-bond donors (Lipinski definition) is 1. The highest BCUT2D eigenvalue weighted by Gasteiger charge is 2.17. The molecule has 1 unspecified atom stereocenters. The number of rotatable bonds is 6. The van der Waals surface area contributed by atoms with Gasteiger partial charge in [-0.15, -0.1) is 10.2 Å². The molecule has 0 saturated heterocycles. The number of H-pyrrole nitrogens is 1. The SMILES string of the molecule is CCCc1cc(=O)[nH]c(SC(C)c2nnc(-c3ccc(C)cc3)o2)n1. The van der Waals surface area contributed by atoms with Crippen LogP contribution >= 0.6 is 11.8 Å². The van der Waals surface area contributed by atoms with Crippen molar-refractivity contribution in [1.29, 1.82) is 0 Å². The van der Waals surface area contributed by atoms with Crippen LogP contribution < -0.4 is 5.56 Å². The van der Waals surface area contributed by atoms with Gasteiger partial charge in [-0.2, -0.15) is 0 Å². The van der Waals surface area contributed by atoms with E-state index in [4.69, 9.17) is 4.42 Å². The van der Waals surface area contributed by atoms with Crippen molar-refractivity contribution in [3.8, 4) is 11.5 Å². The monoisotopic (exact) mass is 356 g/mol. The first-order valence-corrected chi connectivity index (χ1v) is 9.10. The summed E-state index contributed by atoms with van der Waals surface area (Å²) < 4.78 is 5.79. The first kappa shape index (κ1) is 17.4. The molecule has 1 aromatic carbocycles. The summed E-state index contributed by atoms with van der Waals surface area (Å²) in [7, 11) is 0. The largest absolute Gasteiger partial charge is 0.419 e. The zero-order chi connectivity index (χ0) is 17.8. The third kappa shape index (κ3) is 4.36. The summed E-state index contributed by atoms with van der Waals surface area (Å²) in [5, 5.41) is 8.71. The van der Waals surface area contributed by atoms with E-state index in [0.29, 0.717) is 16.9 Å². The van der Waals surface area contributed by atoms with Crippen molar-refractivity contribution in [2.45, 2.75) is 44.0 Å². The van der Waals surface area contributed by atoms with Crippen molar-refractivity contribution in [3.05, 3.63) is 57.8 Å². The molecule has 0 fully saturated rings. The Labute approximate surface area is 150 Å². The van der Waals surface area contributed by atoms with E-state index in [-0.39, 0.29) is 10.8 Å². The Bertz CT molecular complexity index is 902. The van der Waals surface area contributed by atoms with Crippen LogP contribution in [0.5, 0.6) is 0 Å². The number of aromatic amines is 1. The molecule has 3 rings (SSSR count). The Morgan fingerprint density at radius 2 is 2.00 bits per heavy atom. The van der Waals surface area contributed by atoms with Crippen LogP contribution in [0, 0.1) is 6.92 Å². The molecule has 3 aromatic rings. The van der Waals surface area contributed by atoms with E-state index in [0.717, 1.165) is 24.1 Å². The molecule has 0 spiro atoms. The average Bonchev–Trinajstić information content (AvgIpc) is 3.05. The van der Waals surface area contributed by atoms with Crippen LogP contribution in [0.15, 0.2) is 44.7 Å². The molecule has 2 heterocycles. The number of hydrogen-bond acceptors (Lipinski definition) is 6. The zero-order valence-corrected chi connectivity index (χ0v) is 15.3. The molecule has 2 aromatic heterocycles. The van der Waals surface area contributed by atoms with Gasteiger partial charge in [-0.3, -0.25) is 4.79 Å². The lowest BCUT2D eigenvalue weighted by atomic mass is 10.1. The van der Waals surface area contributed by atoms with E-state index in [1.54, 1.807) is 6.07 Å². The lowest BCUT2D eigenvalue weighted by molar-refractivity contribution is 0.509. The average molecular weight is 356 g/mol. The number of nitrogens with zero attached hydrogens (tertiary/aromatic N) is 3. The summed E-state index contributed by atoms with van der Waals surface area (Å²) in [4.78, 5) is 19.0. The van der Waals surface area contributed by atoms with Gasteiger partial charge in [-0.25, -0.2) is 4.98 Å². The minimum Gasteiger partial charge on any atom is -0.419 e. The maximum Gasteiger partial charge on any atom is 0.251 e. The van der Waals surface area contributed by atoms with Crippen molar-refractivity contribution in [1.82, 2.24) is 20.2 Å². The fourth-order valence-corrected chi connectivity index (χ4v) is 3.21. The molecule has 7 heteroatoms. The summed E-state index contributed by atoms with van der Waals surface area (Å²) in [5.41, 5.74) is 2.72. The Balaban J connectivity index is 1.77. The minimum absolute atomic E-state index is 0.119. The van der Waals surface area contributed by atoms with Gasteiger partial charge in [0.15, 0.2) is 5.16 Å². The third-order valence-corrected chi connectivity index (χ3v) is 4.63. The van der Waals surface area contributed by atoms with Gasteiger partial charge in [0.25, 0.3) is 5.56 Å². The van der Waals surface area contributed by atoms with E-state index >= 15 is 0 Å². The molecular formula is C18H20N4O2S. The second kappa shape index (κ2) is 7.65. The minimum atomic E-state index is -0.140. The molecule has 0 saturated carbocycles. The third-order valence-electron chi connectivity index (χ3n) is 3.65. The van der Waals surface area contributed by atoms with Crippen LogP contribution in [0.2, 0.25) is 0 Å². The fourth-order valence-electron chi connectivity index (χ4n) is 2.35. The first-order valence-electron chi connectivity index (χ1n) is 8.22. The molecule has 1 atom stereocenters. The molecule has 0 aliphatic rings. The molecule has 6 nitrogen and oxygen atoms in total. The first-order chi connectivity index (χ1) is 12.0. The smallest absolute Gasteiger partial charge is 0.251 e. The summed E-state index contributed by atoms with van der Waals surface area (Å²) in [6.07, 6.45) is 1.73. The molecular weight excluding hydrogens is 336 g/mol. The summed E-state index contributed by atoms with van der Waals surface area (Å²) in [6, 6.07) is 9.46. The van der Waals surface area contributed by atoms with E-state index in [1.807, 2.05) is 38.1 Å². The Morgan fingerprint density at radius 1 is 1.24 bits per heavy atom. The van der Waals surface area contributed by atoms with Gasteiger partial charge in [-0.05, 0) is 32.4 Å². The molecule has 0 aliphatic carbocycles. The van der Waals surface area contributed by atoms with Gasteiger partial charge < -0.3 is 9.40 Å². The summed E-state index contributed by atoms with van der Waals surface area (Å²) in [6.45, 7) is 6.04. The van der Waals surface area contributed by atoms with Gasteiger partial charge in [0.05, 0.1) is 5.25 Å². The molecule has 130 valence electrons. The van der Waals surface area contributed by atoms with Gasteiger partial charge in [0, 0.05) is 17.3 Å². The topological polar surface area (TPSA) is 84.7 Å². The zero-order valence-electron chi connectivity index (χ0n) is 14.4. The maximum atomic E-state index is 11.8. The Kier molecular flexibility index (Phi) is 5.33. The van der Waals surface area contributed by atoms with E-state index in [1.165, 1.54) is 17.3 Å².